The average molecular weight is 190 g/mol. The monoisotopic (exact) mass is 190 g/mol. The van der Waals surface area contributed by atoms with E-state index >= 15 is 0 Å². The summed E-state index contributed by atoms with van der Waals surface area (Å²) in [6.07, 6.45) is 4.19. The lowest BCUT2D eigenvalue weighted by Gasteiger charge is -2.22. The summed E-state index contributed by atoms with van der Waals surface area (Å²) >= 11 is 0. The van der Waals surface area contributed by atoms with Crippen molar-refractivity contribution in [1.82, 2.24) is 0 Å². The molecule has 2 atom stereocenters. The molecule has 0 fully saturated rings. The van der Waals surface area contributed by atoms with Gasteiger partial charge in [0.15, 0.2) is 0 Å². The summed E-state index contributed by atoms with van der Waals surface area (Å²) in [6, 6.07) is 8.30. The van der Waals surface area contributed by atoms with Gasteiger partial charge in [-0.1, -0.05) is 31.2 Å². The third-order valence-electron chi connectivity index (χ3n) is 3.25. The van der Waals surface area contributed by atoms with Gasteiger partial charge >= 0.3 is 0 Å². The third-order valence-corrected chi connectivity index (χ3v) is 3.25. The van der Waals surface area contributed by atoms with Gasteiger partial charge in [-0.2, -0.15) is 0 Å². The lowest BCUT2D eigenvalue weighted by Crippen LogP contribution is -2.10. The Morgan fingerprint density at radius 3 is 2.79 bits per heavy atom. The Balaban J connectivity index is 2.28. The van der Waals surface area contributed by atoms with E-state index in [-0.39, 0.29) is 6.10 Å². The van der Waals surface area contributed by atoms with E-state index in [9.17, 15) is 5.11 Å². The molecule has 0 saturated carbocycles. The second kappa shape index (κ2) is 4.14. The molecule has 0 heterocycles. The van der Waals surface area contributed by atoms with E-state index in [4.69, 9.17) is 0 Å². The molecule has 1 heteroatoms. The SMILES string of the molecule is CC1CCc2ccccc2C(O)CC1. The minimum absolute atomic E-state index is 0.242. The number of hydrogen-bond acceptors (Lipinski definition) is 1. The van der Waals surface area contributed by atoms with Crippen molar-refractivity contribution in [2.75, 3.05) is 0 Å². The average Bonchev–Trinajstić information content (AvgIpc) is 2.21. The second-order valence-electron chi connectivity index (χ2n) is 4.44. The molecule has 1 N–H and O–H groups in total. The van der Waals surface area contributed by atoms with Crippen LogP contribution in [0.15, 0.2) is 24.3 Å². The maximum Gasteiger partial charge on any atom is 0.0792 e. The smallest absolute Gasteiger partial charge is 0.0792 e. The van der Waals surface area contributed by atoms with E-state index in [2.05, 4.69) is 25.1 Å². The van der Waals surface area contributed by atoms with E-state index in [1.807, 2.05) is 6.07 Å². The van der Waals surface area contributed by atoms with Gasteiger partial charge in [-0.15, -0.1) is 0 Å². The van der Waals surface area contributed by atoms with Crippen molar-refractivity contribution >= 4 is 0 Å². The van der Waals surface area contributed by atoms with Gasteiger partial charge in [0.05, 0.1) is 6.10 Å². The second-order valence-corrected chi connectivity index (χ2v) is 4.44. The van der Waals surface area contributed by atoms with Crippen molar-refractivity contribution in [3.63, 3.8) is 0 Å². The number of aryl methyl sites for hydroxylation is 1. The summed E-state index contributed by atoms with van der Waals surface area (Å²) in [5, 5.41) is 9.98. The van der Waals surface area contributed by atoms with Gasteiger partial charge in [-0.25, -0.2) is 0 Å². The molecule has 14 heavy (non-hydrogen) atoms. The Hall–Kier alpha value is -0.820. The molecule has 0 radical (unpaired) electrons. The molecule has 0 spiro atoms. The van der Waals surface area contributed by atoms with Crippen molar-refractivity contribution in [2.24, 2.45) is 5.92 Å². The summed E-state index contributed by atoms with van der Waals surface area (Å²) < 4.78 is 0. The van der Waals surface area contributed by atoms with Gasteiger partial charge in [-0.3, -0.25) is 0 Å². The maximum absolute atomic E-state index is 9.98. The standard InChI is InChI=1S/C13H18O/c1-10-6-8-11-4-2-3-5-12(11)13(14)9-7-10/h2-5,10,13-14H,6-9H2,1H3. The summed E-state index contributed by atoms with van der Waals surface area (Å²) in [4.78, 5) is 0. The van der Waals surface area contributed by atoms with Crippen LogP contribution in [0.1, 0.15) is 43.4 Å². The van der Waals surface area contributed by atoms with Crippen molar-refractivity contribution in [3.8, 4) is 0 Å². The van der Waals surface area contributed by atoms with E-state index in [1.54, 1.807) is 0 Å². The first kappa shape index (κ1) is 9.72. The van der Waals surface area contributed by atoms with Crippen LogP contribution in [0.3, 0.4) is 0 Å². The first-order chi connectivity index (χ1) is 6.77. The normalized spacial score (nSPS) is 27.6. The van der Waals surface area contributed by atoms with Crippen molar-refractivity contribution in [3.05, 3.63) is 35.4 Å². The molecular weight excluding hydrogens is 172 g/mol. The predicted molar refractivity (Wildman–Crippen MR) is 58.1 cm³/mol. The van der Waals surface area contributed by atoms with Gasteiger partial charge in [-0.05, 0) is 42.7 Å². The van der Waals surface area contributed by atoms with Crippen LogP contribution in [0, 0.1) is 5.92 Å². The van der Waals surface area contributed by atoms with Gasteiger partial charge < -0.3 is 5.11 Å². The molecule has 2 unspecified atom stereocenters. The first-order valence-corrected chi connectivity index (χ1v) is 5.53. The van der Waals surface area contributed by atoms with Gasteiger partial charge in [0.25, 0.3) is 0 Å². The van der Waals surface area contributed by atoms with Crippen LogP contribution in [0.2, 0.25) is 0 Å². The van der Waals surface area contributed by atoms with Crippen LogP contribution in [0.5, 0.6) is 0 Å². The fourth-order valence-corrected chi connectivity index (χ4v) is 2.23. The minimum atomic E-state index is -0.242. The van der Waals surface area contributed by atoms with E-state index in [1.165, 1.54) is 12.0 Å². The lowest BCUT2D eigenvalue weighted by molar-refractivity contribution is 0.152. The van der Waals surface area contributed by atoms with Crippen LogP contribution < -0.4 is 0 Å². The molecule has 0 aromatic heterocycles. The van der Waals surface area contributed by atoms with Crippen molar-refractivity contribution in [1.29, 1.82) is 0 Å². The molecule has 2 rings (SSSR count). The van der Waals surface area contributed by atoms with Crippen LogP contribution in [0.4, 0.5) is 0 Å². The topological polar surface area (TPSA) is 20.2 Å². The number of hydrogen-bond donors (Lipinski definition) is 1. The zero-order valence-electron chi connectivity index (χ0n) is 8.74. The largest absolute Gasteiger partial charge is 0.388 e. The molecule has 1 aromatic carbocycles. The highest BCUT2D eigenvalue weighted by Crippen LogP contribution is 2.29. The van der Waals surface area contributed by atoms with E-state index in [0.717, 1.165) is 30.7 Å². The van der Waals surface area contributed by atoms with Crippen molar-refractivity contribution < 1.29 is 5.11 Å². The predicted octanol–water partition coefficient (Wildman–Crippen LogP) is 3.08. The third kappa shape index (κ3) is 1.98. The molecule has 1 aliphatic rings. The Morgan fingerprint density at radius 1 is 1.14 bits per heavy atom. The van der Waals surface area contributed by atoms with Crippen LogP contribution in [0.25, 0.3) is 0 Å². The molecule has 1 nitrogen and oxygen atoms in total. The highest BCUT2D eigenvalue weighted by molar-refractivity contribution is 5.29. The molecule has 76 valence electrons. The number of fused-ring (bicyclic) bond motifs is 1. The van der Waals surface area contributed by atoms with Crippen LogP contribution in [-0.2, 0) is 6.42 Å². The Bertz CT molecular complexity index is 306. The maximum atomic E-state index is 9.98. The first-order valence-electron chi connectivity index (χ1n) is 5.53. The van der Waals surface area contributed by atoms with E-state index in [0.29, 0.717) is 0 Å². The number of aliphatic hydroxyl groups excluding tert-OH is 1. The molecular formula is C13H18O. The lowest BCUT2D eigenvalue weighted by atomic mass is 9.87. The summed E-state index contributed by atoms with van der Waals surface area (Å²) in [7, 11) is 0. The molecule has 0 saturated heterocycles. The highest BCUT2D eigenvalue weighted by Gasteiger charge is 2.17. The Labute approximate surface area is 85.8 Å². The molecule has 0 aliphatic heterocycles. The van der Waals surface area contributed by atoms with Gasteiger partial charge in [0, 0.05) is 0 Å². The van der Waals surface area contributed by atoms with Gasteiger partial charge in [0.2, 0.25) is 0 Å². The van der Waals surface area contributed by atoms with Crippen molar-refractivity contribution in [2.45, 2.75) is 38.7 Å². The fraction of sp³-hybridized carbons (Fsp3) is 0.538. The van der Waals surface area contributed by atoms with Crippen LogP contribution in [-0.4, -0.2) is 5.11 Å². The van der Waals surface area contributed by atoms with E-state index < -0.39 is 0 Å². The molecule has 0 amide bonds. The fourth-order valence-electron chi connectivity index (χ4n) is 2.23. The summed E-state index contributed by atoms with van der Waals surface area (Å²) in [5.41, 5.74) is 2.49. The molecule has 0 bridgehead atoms. The number of rotatable bonds is 0. The number of benzene rings is 1. The zero-order valence-corrected chi connectivity index (χ0v) is 8.74. The Kier molecular flexibility index (Phi) is 2.87. The number of aliphatic hydroxyl groups is 1. The highest BCUT2D eigenvalue weighted by atomic mass is 16.3. The Morgan fingerprint density at radius 2 is 1.93 bits per heavy atom. The van der Waals surface area contributed by atoms with Gasteiger partial charge in [0.1, 0.15) is 0 Å². The molecule has 1 aromatic rings. The molecule has 1 aliphatic carbocycles. The zero-order chi connectivity index (χ0) is 9.97. The van der Waals surface area contributed by atoms with Crippen LogP contribution >= 0.6 is 0 Å². The summed E-state index contributed by atoms with van der Waals surface area (Å²) in [6.45, 7) is 2.28. The minimum Gasteiger partial charge on any atom is -0.388 e. The summed E-state index contributed by atoms with van der Waals surface area (Å²) in [5.74, 6) is 0.748. The quantitative estimate of drug-likeness (QED) is 0.666.